The third kappa shape index (κ3) is 4.53. The number of halogens is 2. The van der Waals surface area contributed by atoms with Crippen molar-refractivity contribution in [2.24, 2.45) is 0 Å². The van der Waals surface area contributed by atoms with Gasteiger partial charge in [0.1, 0.15) is 5.54 Å². The van der Waals surface area contributed by atoms with Crippen molar-refractivity contribution in [3.63, 3.8) is 0 Å². The lowest BCUT2D eigenvalue weighted by Crippen LogP contribution is -2.52. The zero-order valence-corrected chi connectivity index (χ0v) is 16.0. The monoisotopic (exact) mass is 378 g/mol. The molecule has 0 radical (unpaired) electrons. The lowest BCUT2D eigenvalue weighted by atomic mass is 10.0. The molecule has 2 aromatic carbocycles. The molecular weight excluding hydrogens is 359 g/mol. The quantitative estimate of drug-likeness (QED) is 0.805. The van der Waals surface area contributed by atoms with E-state index in [0.717, 1.165) is 16.8 Å². The van der Waals surface area contributed by atoms with Gasteiger partial charge in [-0.3, -0.25) is 9.59 Å². The number of nitrogens with one attached hydrogen (secondary N) is 2. The zero-order chi connectivity index (χ0) is 18.8. The van der Waals surface area contributed by atoms with Gasteiger partial charge in [0.05, 0.1) is 10.6 Å². The minimum atomic E-state index is -1.13. The van der Waals surface area contributed by atoms with Crippen molar-refractivity contribution in [1.82, 2.24) is 5.32 Å². The highest BCUT2D eigenvalue weighted by molar-refractivity contribution is 6.36. The fraction of sp³-hybridized carbons (Fsp3) is 0.263. The molecule has 0 saturated heterocycles. The Morgan fingerprint density at radius 3 is 2.16 bits per heavy atom. The summed E-state index contributed by atoms with van der Waals surface area (Å²) >= 11 is 11.9. The molecule has 0 bridgehead atoms. The van der Waals surface area contributed by atoms with Crippen molar-refractivity contribution in [3.05, 3.63) is 63.1 Å². The fourth-order valence-electron chi connectivity index (χ4n) is 2.36. The second kappa shape index (κ2) is 7.46. The minimum absolute atomic E-state index is 0.232. The van der Waals surface area contributed by atoms with E-state index in [-0.39, 0.29) is 16.5 Å². The van der Waals surface area contributed by atoms with Crippen LogP contribution in [0.15, 0.2) is 36.4 Å². The van der Waals surface area contributed by atoms with Crippen molar-refractivity contribution < 1.29 is 9.59 Å². The maximum Gasteiger partial charge on any atom is 0.253 e. The molecular formula is C19H20Cl2N2O2. The van der Waals surface area contributed by atoms with E-state index in [0.29, 0.717) is 5.02 Å². The van der Waals surface area contributed by atoms with Crippen LogP contribution in [-0.4, -0.2) is 17.4 Å². The molecule has 0 fully saturated rings. The van der Waals surface area contributed by atoms with Crippen LogP contribution in [0.4, 0.5) is 5.69 Å². The second-order valence-electron chi connectivity index (χ2n) is 6.42. The van der Waals surface area contributed by atoms with Gasteiger partial charge in [-0.25, -0.2) is 0 Å². The molecule has 4 nitrogen and oxygen atoms in total. The van der Waals surface area contributed by atoms with Gasteiger partial charge < -0.3 is 10.6 Å². The molecule has 2 amide bonds. The fourth-order valence-corrected chi connectivity index (χ4v) is 2.86. The predicted molar refractivity (Wildman–Crippen MR) is 103 cm³/mol. The van der Waals surface area contributed by atoms with Gasteiger partial charge in [-0.15, -0.1) is 0 Å². The Labute approximate surface area is 157 Å². The Kier molecular flexibility index (Phi) is 5.76. The van der Waals surface area contributed by atoms with Crippen LogP contribution in [0.2, 0.25) is 10.0 Å². The van der Waals surface area contributed by atoms with Crippen LogP contribution in [-0.2, 0) is 4.79 Å². The molecule has 0 aromatic heterocycles. The lowest BCUT2D eigenvalue weighted by molar-refractivity contribution is -0.120. The van der Waals surface area contributed by atoms with E-state index in [1.165, 1.54) is 12.1 Å². The first kappa shape index (κ1) is 19.3. The Morgan fingerprint density at radius 2 is 1.60 bits per heavy atom. The molecule has 6 heteroatoms. The number of carbonyl (C=O) groups excluding carboxylic acids is 2. The van der Waals surface area contributed by atoms with Crippen LogP contribution in [0.3, 0.4) is 0 Å². The smallest absolute Gasteiger partial charge is 0.253 e. The summed E-state index contributed by atoms with van der Waals surface area (Å²) < 4.78 is 0. The number of amides is 2. The maximum absolute atomic E-state index is 12.7. The Bertz CT molecular complexity index is 812. The highest BCUT2D eigenvalue weighted by Crippen LogP contribution is 2.23. The molecule has 25 heavy (non-hydrogen) atoms. The molecule has 0 aliphatic heterocycles. The standard InChI is InChI=1S/C19H20Cl2N2O2/c1-11-6-5-7-12(2)16(11)22-18(25)19(3,4)23-17(24)14-9-8-13(20)10-15(14)21/h5-10H,1-4H3,(H,22,25)(H,23,24). The number of anilines is 1. The molecule has 132 valence electrons. The molecule has 0 heterocycles. The summed E-state index contributed by atoms with van der Waals surface area (Å²) in [6.07, 6.45) is 0. The number of carbonyl (C=O) groups is 2. The summed E-state index contributed by atoms with van der Waals surface area (Å²) in [5.74, 6) is -0.758. The van der Waals surface area contributed by atoms with E-state index < -0.39 is 11.4 Å². The van der Waals surface area contributed by atoms with Gasteiger partial charge in [0.25, 0.3) is 5.91 Å². The summed E-state index contributed by atoms with van der Waals surface area (Å²) in [5.41, 5.74) is 1.79. The largest absolute Gasteiger partial charge is 0.338 e. The van der Waals surface area contributed by atoms with Gasteiger partial charge >= 0.3 is 0 Å². The molecule has 2 aromatic rings. The Morgan fingerprint density at radius 1 is 1.00 bits per heavy atom. The summed E-state index contributed by atoms with van der Waals surface area (Å²) in [4.78, 5) is 25.1. The number of hydrogen-bond donors (Lipinski definition) is 2. The van der Waals surface area contributed by atoms with Crippen molar-refractivity contribution >= 4 is 40.7 Å². The van der Waals surface area contributed by atoms with Crippen LogP contribution in [0.25, 0.3) is 0 Å². The first-order valence-electron chi connectivity index (χ1n) is 7.77. The summed E-state index contributed by atoms with van der Waals surface area (Å²) in [7, 11) is 0. The molecule has 0 spiro atoms. The predicted octanol–water partition coefficient (Wildman–Crippen LogP) is 4.76. The average Bonchev–Trinajstić information content (AvgIpc) is 2.50. The van der Waals surface area contributed by atoms with E-state index in [4.69, 9.17) is 23.2 Å². The lowest BCUT2D eigenvalue weighted by Gasteiger charge is -2.26. The first-order chi connectivity index (χ1) is 11.6. The van der Waals surface area contributed by atoms with Gasteiger partial charge in [0.15, 0.2) is 0 Å². The van der Waals surface area contributed by atoms with Crippen LogP contribution < -0.4 is 10.6 Å². The number of para-hydroxylation sites is 1. The number of benzene rings is 2. The molecule has 2 rings (SSSR count). The third-order valence-corrected chi connectivity index (χ3v) is 4.44. The van der Waals surface area contributed by atoms with E-state index in [1.807, 2.05) is 32.0 Å². The van der Waals surface area contributed by atoms with Crippen molar-refractivity contribution in [3.8, 4) is 0 Å². The van der Waals surface area contributed by atoms with Gasteiger partial charge in [0, 0.05) is 10.7 Å². The highest BCUT2D eigenvalue weighted by atomic mass is 35.5. The molecule has 2 N–H and O–H groups in total. The van der Waals surface area contributed by atoms with Crippen LogP contribution in [0.5, 0.6) is 0 Å². The van der Waals surface area contributed by atoms with E-state index in [9.17, 15) is 9.59 Å². The molecule has 0 aliphatic carbocycles. The third-order valence-electron chi connectivity index (χ3n) is 3.89. The number of aryl methyl sites for hydroxylation is 2. The first-order valence-corrected chi connectivity index (χ1v) is 8.52. The van der Waals surface area contributed by atoms with Gasteiger partial charge in [-0.05, 0) is 57.0 Å². The molecule has 0 atom stereocenters. The number of hydrogen-bond acceptors (Lipinski definition) is 2. The number of rotatable bonds is 4. The molecule has 0 saturated carbocycles. The normalized spacial score (nSPS) is 11.1. The van der Waals surface area contributed by atoms with Crippen molar-refractivity contribution in [2.75, 3.05) is 5.32 Å². The van der Waals surface area contributed by atoms with Crippen LogP contribution in [0.1, 0.15) is 35.3 Å². The van der Waals surface area contributed by atoms with E-state index >= 15 is 0 Å². The molecule has 0 unspecified atom stereocenters. The summed E-state index contributed by atoms with van der Waals surface area (Å²) in [6.45, 7) is 7.11. The van der Waals surface area contributed by atoms with E-state index in [2.05, 4.69) is 10.6 Å². The van der Waals surface area contributed by atoms with Crippen LogP contribution >= 0.6 is 23.2 Å². The summed E-state index contributed by atoms with van der Waals surface area (Å²) in [5, 5.41) is 6.28. The van der Waals surface area contributed by atoms with Gasteiger partial charge in [-0.1, -0.05) is 41.4 Å². The Balaban J connectivity index is 2.17. The maximum atomic E-state index is 12.7. The SMILES string of the molecule is Cc1cccc(C)c1NC(=O)C(C)(C)NC(=O)c1ccc(Cl)cc1Cl. The van der Waals surface area contributed by atoms with E-state index in [1.54, 1.807) is 19.9 Å². The molecule has 0 aliphatic rings. The van der Waals surface area contributed by atoms with Gasteiger partial charge in [0.2, 0.25) is 5.91 Å². The average molecular weight is 379 g/mol. The van der Waals surface area contributed by atoms with Gasteiger partial charge in [-0.2, -0.15) is 0 Å². The summed E-state index contributed by atoms with van der Waals surface area (Å²) in [6, 6.07) is 10.4. The highest BCUT2D eigenvalue weighted by Gasteiger charge is 2.31. The Hall–Kier alpha value is -2.04. The second-order valence-corrected chi connectivity index (χ2v) is 7.27. The van der Waals surface area contributed by atoms with Crippen molar-refractivity contribution in [1.29, 1.82) is 0 Å². The minimum Gasteiger partial charge on any atom is -0.338 e. The van der Waals surface area contributed by atoms with Crippen molar-refractivity contribution in [2.45, 2.75) is 33.2 Å². The topological polar surface area (TPSA) is 58.2 Å². The zero-order valence-electron chi connectivity index (χ0n) is 14.5. The van der Waals surface area contributed by atoms with Crippen LogP contribution in [0, 0.1) is 13.8 Å².